The molecule has 1 saturated heterocycles. The Kier molecular flexibility index (Phi) is 4.92. The molecule has 0 spiro atoms. The highest BCUT2D eigenvalue weighted by atomic mass is 32.2. The second kappa shape index (κ2) is 6.50. The van der Waals surface area contributed by atoms with E-state index in [2.05, 4.69) is 9.71 Å². The summed E-state index contributed by atoms with van der Waals surface area (Å²) < 4.78 is 28.4. The van der Waals surface area contributed by atoms with Gasteiger partial charge < -0.3 is 5.11 Å². The van der Waals surface area contributed by atoms with Crippen molar-refractivity contribution < 1.29 is 18.3 Å². The summed E-state index contributed by atoms with van der Waals surface area (Å²) in [5.41, 5.74) is 0.640. The first-order valence-electron chi connectivity index (χ1n) is 6.81. The topological polar surface area (TPSA) is 99.6 Å². The van der Waals surface area contributed by atoms with Gasteiger partial charge in [-0.2, -0.15) is 17.4 Å². The summed E-state index contributed by atoms with van der Waals surface area (Å²) in [5, 5.41) is 8.93. The number of pyridine rings is 1. The van der Waals surface area contributed by atoms with Crippen molar-refractivity contribution in [1.82, 2.24) is 14.0 Å². The smallest absolute Gasteiger partial charge is 0.306 e. The SMILES string of the molecule is C[C@H](NS(=O)(=O)N1CCC(C(=O)O)CC1)c1ccccn1. The summed E-state index contributed by atoms with van der Waals surface area (Å²) in [6.45, 7) is 2.17. The first-order valence-corrected chi connectivity index (χ1v) is 8.25. The Bertz CT molecular complexity index is 583. The van der Waals surface area contributed by atoms with Crippen LogP contribution >= 0.6 is 0 Å². The zero-order valence-electron chi connectivity index (χ0n) is 11.8. The monoisotopic (exact) mass is 313 g/mol. The normalized spacial score (nSPS) is 19.3. The molecule has 8 heteroatoms. The molecule has 2 rings (SSSR count). The van der Waals surface area contributed by atoms with E-state index in [1.54, 1.807) is 31.3 Å². The van der Waals surface area contributed by atoms with Crippen molar-refractivity contribution in [1.29, 1.82) is 0 Å². The third-order valence-corrected chi connectivity index (χ3v) is 5.30. The van der Waals surface area contributed by atoms with Gasteiger partial charge in [0.15, 0.2) is 0 Å². The molecule has 0 aliphatic carbocycles. The maximum atomic E-state index is 12.3. The molecule has 7 nitrogen and oxygen atoms in total. The number of rotatable bonds is 5. The maximum absolute atomic E-state index is 12.3. The van der Waals surface area contributed by atoms with E-state index in [1.807, 2.05) is 0 Å². The Balaban J connectivity index is 1.98. The molecule has 1 aliphatic rings. The fourth-order valence-electron chi connectivity index (χ4n) is 2.33. The van der Waals surface area contributed by atoms with Crippen molar-refractivity contribution in [2.24, 2.45) is 5.92 Å². The van der Waals surface area contributed by atoms with Gasteiger partial charge in [0.05, 0.1) is 17.7 Å². The van der Waals surface area contributed by atoms with Crippen molar-refractivity contribution in [3.8, 4) is 0 Å². The lowest BCUT2D eigenvalue weighted by molar-refractivity contribution is -0.142. The van der Waals surface area contributed by atoms with Crippen molar-refractivity contribution >= 4 is 16.2 Å². The Hall–Kier alpha value is -1.51. The molecule has 2 heterocycles. The fourth-order valence-corrected chi connectivity index (χ4v) is 3.74. The number of carboxylic acid groups (broad SMARTS) is 1. The van der Waals surface area contributed by atoms with Gasteiger partial charge in [-0.1, -0.05) is 6.07 Å². The van der Waals surface area contributed by atoms with Gasteiger partial charge in [-0.3, -0.25) is 9.78 Å². The number of aromatic nitrogens is 1. The highest BCUT2D eigenvalue weighted by Gasteiger charge is 2.31. The summed E-state index contributed by atoms with van der Waals surface area (Å²) >= 11 is 0. The number of nitrogens with zero attached hydrogens (tertiary/aromatic N) is 2. The zero-order valence-corrected chi connectivity index (χ0v) is 12.6. The molecule has 0 aromatic carbocycles. The van der Waals surface area contributed by atoms with Gasteiger partial charge in [0, 0.05) is 19.3 Å². The van der Waals surface area contributed by atoms with E-state index in [9.17, 15) is 13.2 Å². The zero-order chi connectivity index (χ0) is 15.5. The number of carbonyl (C=O) groups is 1. The molecule has 21 heavy (non-hydrogen) atoms. The van der Waals surface area contributed by atoms with Crippen molar-refractivity contribution in [3.05, 3.63) is 30.1 Å². The van der Waals surface area contributed by atoms with E-state index >= 15 is 0 Å². The largest absolute Gasteiger partial charge is 0.481 e. The fraction of sp³-hybridized carbons (Fsp3) is 0.538. The van der Waals surface area contributed by atoms with E-state index in [1.165, 1.54) is 4.31 Å². The van der Waals surface area contributed by atoms with Crippen LogP contribution in [0.2, 0.25) is 0 Å². The third-order valence-electron chi connectivity index (χ3n) is 3.60. The standard InChI is InChI=1S/C13H19N3O4S/c1-10(12-4-2-3-7-14-12)15-21(19,20)16-8-5-11(6-9-16)13(17)18/h2-4,7,10-11,15H,5-6,8-9H2,1H3,(H,17,18)/t10-/m0/s1. The number of nitrogens with one attached hydrogen (secondary N) is 1. The highest BCUT2D eigenvalue weighted by molar-refractivity contribution is 7.87. The minimum absolute atomic E-state index is 0.223. The lowest BCUT2D eigenvalue weighted by atomic mass is 9.99. The molecule has 1 aromatic rings. The van der Waals surface area contributed by atoms with Crippen LogP contribution in [0.4, 0.5) is 0 Å². The average Bonchev–Trinajstić information content (AvgIpc) is 2.48. The molecule has 0 radical (unpaired) electrons. The van der Waals surface area contributed by atoms with E-state index in [0.717, 1.165) is 0 Å². The molecule has 1 aromatic heterocycles. The lowest BCUT2D eigenvalue weighted by Crippen LogP contribution is -2.46. The Morgan fingerprint density at radius 1 is 1.43 bits per heavy atom. The van der Waals surface area contributed by atoms with Crippen LogP contribution in [0.25, 0.3) is 0 Å². The van der Waals surface area contributed by atoms with Crippen molar-refractivity contribution in [2.75, 3.05) is 13.1 Å². The van der Waals surface area contributed by atoms with Gasteiger partial charge >= 0.3 is 5.97 Å². The average molecular weight is 313 g/mol. The number of hydrogen-bond acceptors (Lipinski definition) is 4. The molecule has 1 fully saturated rings. The van der Waals surface area contributed by atoms with Crippen molar-refractivity contribution in [2.45, 2.75) is 25.8 Å². The minimum Gasteiger partial charge on any atom is -0.481 e. The molecule has 0 bridgehead atoms. The summed E-state index contributed by atoms with van der Waals surface area (Å²) in [6, 6.07) is 4.88. The van der Waals surface area contributed by atoms with Crippen LogP contribution in [0, 0.1) is 5.92 Å². The molecular formula is C13H19N3O4S. The van der Waals surface area contributed by atoms with Crippen LogP contribution < -0.4 is 4.72 Å². The number of aliphatic carboxylic acids is 1. The second-order valence-electron chi connectivity index (χ2n) is 5.11. The molecule has 0 amide bonds. The van der Waals surface area contributed by atoms with Gasteiger partial charge in [0.25, 0.3) is 10.2 Å². The predicted octanol–water partition coefficient (Wildman–Crippen LogP) is 0.774. The number of carboxylic acids is 1. The second-order valence-corrected chi connectivity index (χ2v) is 6.81. The molecule has 1 atom stereocenters. The van der Waals surface area contributed by atoms with E-state index in [-0.39, 0.29) is 13.1 Å². The Labute approximate surface area is 124 Å². The van der Waals surface area contributed by atoms with E-state index in [4.69, 9.17) is 5.11 Å². The van der Waals surface area contributed by atoms with Crippen molar-refractivity contribution in [3.63, 3.8) is 0 Å². The Morgan fingerprint density at radius 2 is 2.10 bits per heavy atom. The molecule has 2 N–H and O–H groups in total. The summed E-state index contributed by atoms with van der Waals surface area (Å²) in [5.74, 6) is -1.31. The molecule has 0 unspecified atom stereocenters. The third kappa shape index (κ3) is 3.99. The Morgan fingerprint density at radius 3 is 2.62 bits per heavy atom. The van der Waals surface area contributed by atoms with Crippen LogP contribution in [0.3, 0.4) is 0 Å². The van der Waals surface area contributed by atoms with Gasteiger partial charge in [-0.05, 0) is 31.9 Å². The molecule has 1 aliphatic heterocycles. The quantitative estimate of drug-likeness (QED) is 0.836. The highest BCUT2D eigenvalue weighted by Crippen LogP contribution is 2.20. The van der Waals surface area contributed by atoms with Gasteiger partial charge in [-0.15, -0.1) is 0 Å². The first kappa shape index (κ1) is 15.9. The van der Waals surface area contributed by atoms with E-state index < -0.39 is 28.1 Å². The number of hydrogen-bond donors (Lipinski definition) is 2. The van der Waals surface area contributed by atoms with Gasteiger partial charge in [0.1, 0.15) is 0 Å². The van der Waals surface area contributed by atoms with E-state index in [0.29, 0.717) is 18.5 Å². The van der Waals surface area contributed by atoms with Gasteiger partial charge in [-0.25, -0.2) is 0 Å². The minimum atomic E-state index is -3.63. The van der Waals surface area contributed by atoms with Crippen LogP contribution in [-0.4, -0.2) is 41.9 Å². The van der Waals surface area contributed by atoms with Crippen LogP contribution in [0.1, 0.15) is 31.5 Å². The summed E-state index contributed by atoms with van der Waals surface area (Å²) in [4.78, 5) is 15.0. The van der Waals surface area contributed by atoms with Gasteiger partial charge in [0.2, 0.25) is 0 Å². The lowest BCUT2D eigenvalue weighted by Gasteiger charge is -2.30. The summed E-state index contributed by atoms with van der Waals surface area (Å²) in [7, 11) is -3.63. The summed E-state index contributed by atoms with van der Waals surface area (Å²) in [6.07, 6.45) is 2.29. The van der Waals surface area contributed by atoms with Crippen LogP contribution in [0.15, 0.2) is 24.4 Å². The van der Waals surface area contributed by atoms with Crippen LogP contribution in [-0.2, 0) is 15.0 Å². The maximum Gasteiger partial charge on any atom is 0.306 e. The van der Waals surface area contributed by atoms with Crippen LogP contribution in [0.5, 0.6) is 0 Å². The molecular weight excluding hydrogens is 294 g/mol. The first-order chi connectivity index (χ1) is 9.90. The predicted molar refractivity (Wildman–Crippen MR) is 76.6 cm³/mol. The number of piperidine rings is 1. The molecule has 116 valence electrons. The molecule has 0 saturated carbocycles.